The monoisotopic (exact) mass is 364 g/mol. The Labute approximate surface area is 154 Å². The third-order valence-corrected chi connectivity index (χ3v) is 4.38. The van der Waals surface area contributed by atoms with E-state index in [-0.39, 0.29) is 11.7 Å². The van der Waals surface area contributed by atoms with E-state index in [1.807, 2.05) is 36.5 Å². The zero-order valence-electron chi connectivity index (χ0n) is 14.8. The highest BCUT2D eigenvalue weighted by Crippen LogP contribution is 2.36. The van der Waals surface area contributed by atoms with Crippen molar-refractivity contribution in [3.05, 3.63) is 60.0 Å². The van der Waals surface area contributed by atoms with E-state index in [0.717, 1.165) is 22.2 Å². The molecule has 1 amide bonds. The number of hydrogen-bond donors (Lipinski definition) is 3. The Morgan fingerprint density at radius 2 is 2.04 bits per heavy atom. The second-order valence-electron chi connectivity index (χ2n) is 6.22. The number of nitrogens with zero attached hydrogens (tertiary/aromatic N) is 1. The van der Waals surface area contributed by atoms with E-state index in [0.29, 0.717) is 22.6 Å². The van der Waals surface area contributed by atoms with Gasteiger partial charge in [0.1, 0.15) is 5.82 Å². The summed E-state index contributed by atoms with van der Waals surface area (Å²) in [6, 6.07) is 12.5. The van der Waals surface area contributed by atoms with Crippen LogP contribution in [0.5, 0.6) is 5.75 Å². The first-order valence-corrected chi connectivity index (χ1v) is 8.39. The van der Waals surface area contributed by atoms with Crippen LogP contribution in [0.2, 0.25) is 0 Å². The van der Waals surface area contributed by atoms with Gasteiger partial charge in [-0.2, -0.15) is 10.6 Å². The molecule has 0 aliphatic heterocycles. The molecule has 2 aromatic carbocycles. The largest absolute Gasteiger partial charge is 0.379 e. The number of rotatable bonds is 4. The highest BCUT2D eigenvalue weighted by atomic mass is 19.1. The molecule has 0 spiro atoms. The van der Waals surface area contributed by atoms with E-state index in [4.69, 9.17) is 4.84 Å². The Balaban J connectivity index is 1.79. The number of carbonyl (C=O) groups excluding carboxylic acids is 1. The third-order valence-electron chi connectivity index (χ3n) is 4.38. The Morgan fingerprint density at radius 1 is 1.22 bits per heavy atom. The molecule has 7 heteroatoms. The molecule has 0 radical (unpaired) electrons. The van der Waals surface area contributed by atoms with Crippen LogP contribution in [-0.4, -0.2) is 21.1 Å². The topological polar surface area (TPSA) is 82.8 Å². The zero-order chi connectivity index (χ0) is 19.0. The van der Waals surface area contributed by atoms with Crippen molar-refractivity contribution in [1.82, 2.24) is 20.7 Å². The second kappa shape index (κ2) is 6.60. The maximum Gasteiger partial charge on any atom is 0.249 e. The van der Waals surface area contributed by atoms with Gasteiger partial charge in [-0.05, 0) is 36.8 Å². The van der Waals surface area contributed by atoms with Crippen molar-refractivity contribution >= 4 is 16.8 Å². The number of nitrogens with one attached hydrogen (secondary N) is 3. The molecule has 0 fully saturated rings. The van der Waals surface area contributed by atoms with Gasteiger partial charge in [-0.1, -0.05) is 18.2 Å². The maximum absolute atomic E-state index is 14.1. The predicted molar refractivity (Wildman–Crippen MR) is 100 cm³/mol. The molecule has 0 aliphatic carbocycles. The molecule has 0 aliphatic rings. The number of H-pyrrole nitrogens is 2. The van der Waals surface area contributed by atoms with Gasteiger partial charge >= 0.3 is 0 Å². The van der Waals surface area contributed by atoms with E-state index >= 15 is 0 Å². The van der Waals surface area contributed by atoms with Crippen LogP contribution in [0.15, 0.2) is 48.7 Å². The summed E-state index contributed by atoms with van der Waals surface area (Å²) in [5, 5.41) is 8.37. The fourth-order valence-electron chi connectivity index (χ4n) is 3.08. The summed E-state index contributed by atoms with van der Waals surface area (Å²) in [6.45, 7) is 2.98. The van der Waals surface area contributed by atoms with Crippen LogP contribution < -0.4 is 10.3 Å². The number of carbonyl (C=O) groups is 1. The van der Waals surface area contributed by atoms with Crippen molar-refractivity contribution in [2.45, 2.75) is 13.8 Å². The summed E-state index contributed by atoms with van der Waals surface area (Å²) < 4.78 is 14.1. The minimum atomic E-state index is -0.372. The lowest BCUT2D eigenvalue weighted by molar-refractivity contribution is -0.125. The molecule has 2 heterocycles. The van der Waals surface area contributed by atoms with Gasteiger partial charge in [0.25, 0.3) is 0 Å². The maximum atomic E-state index is 14.1. The number of benzene rings is 2. The molecule has 27 heavy (non-hydrogen) atoms. The Morgan fingerprint density at radius 3 is 2.85 bits per heavy atom. The van der Waals surface area contributed by atoms with Gasteiger partial charge in [0, 0.05) is 29.6 Å². The zero-order valence-corrected chi connectivity index (χ0v) is 14.8. The van der Waals surface area contributed by atoms with Crippen molar-refractivity contribution in [3.8, 4) is 28.3 Å². The predicted octanol–water partition coefficient (Wildman–Crippen LogP) is 4.10. The van der Waals surface area contributed by atoms with Gasteiger partial charge in [0.2, 0.25) is 5.91 Å². The lowest BCUT2D eigenvalue weighted by atomic mass is 10.0. The minimum Gasteiger partial charge on any atom is -0.379 e. The molecule has 6 nitrogen and oxygen atoms in total. The summed E-state index contributed by atoms with van der Waals surface area (Å²) in [7, 11) is 0. The van der Waals surface area contributed by atoms with Gasteiger partial charge in [-0.3, -0.25) is 9.89 Å². The highest BCUT2D eigenvalue weighted by Gasteiger charge is 2.18. The van der Waals surface area contributed by atoms with E-state index in [9.17, 15) is 9.18 Å². The number of hydrogen-bond acceptors (Lipinski definition) is 3. The number of aromatic nitrogens is 3. The molecule has 136 valence electrons. The van der Waals surface area contributed by atoms with Gasteiger partial charge in [-0.25, -0.2) is 4.39 Å². The van der Waals surface area contributed by atoms with Crippen molar-refractivity contribution < 1.29 is 14.0 Å². The van der Waals surface area contributed by atoms with Crippen LogP contribution in [0.3, 0.4) is 0 Å². The van der Waals surface area contributed by atoms with Crippen LogP contribution in [0, 0.1) is 12.7 Å². The number of aromatic amines is 2. The van der Waals surface area contributed by atoms with E-state index < -0.39 is 0 Å². The summed E-state index contributed by atoms with van der Waals surface area (Å²) in [5.41, 5.74) is 6.43. The number of hydroxylamine groups is 1. The highest BCUT2D eigenvalue weighted by molar-refractivity contribution is 5.95. The minimum absolute atomic E-state index is 0.332. The fraction of sp³-hybridized carbons (Fsp3) is 0.100. The van der Waals surface area contributed by atoms with E-state index in [2.05, 4.69) is 20.7 Å². The Hall–Kier alpha value is -3.61. The molecule has 0 saturated heterocycles. The van der Waals surface area contributed by atoms with Crippen molar-refractivity contribution in [1.29, 1.82) is 0 Å². The van der Waals surface area contributed by atoms with Crippen LogP contribution in [-0.2, 0) is 4.79 Å². The van der Waals surface area contributed by atoms with Gasteiger partial charge < -0.3 is 9.82 Å². The molecule has 4 aromatic rings. The van der Waals surface area contributed by atoms with Crippen molar-refractivity contribution in [3.63, 3.8) is 0 Å². The molecular formula is C20H17FN4O2. The number of halogens is 1. The molecule has 3 N–H and O–H groups in total. The molecule has 0 atom stereocenters. The third kappa shape index (κ3) is 3.03. The van der Waals surface area contributed by atoms with Crippen LogP contribution in [0.1, 0.15) is 12.5 Å². The molecule has 0 unspecified atom stereocenters. The molecule has 2 aromatic heterocycles. The Bertz CT molecular complexity index is 1150. The number of amides is 1. The van der Waals surface area contributed by atoms with Crippen molar-refractivity contribution in [2.75, 3.05) is 0 Å². The standard InChI is InChI=1S/C20H17FN4O2/c1-11-15(21)7-8-19(27-25-12(2)26)20(11)18-9-17(23-24-18)14-10-22-16-6-4-3-5-13(14)16/h3-10,22H,1-2H3,(H,23,24)(H,25,26). The number of fused-ring (bicyclic) bond motifs is 1. The smallest absolute Gasteiger partial charge is 0.249 e. The van der Waals surface area contributed by atoms with Crippen LogP contribution in [0.4, 0.5) is 4.39 Å². The lowest BCUT2D eigenvalue weighted by Gasteiger charge is -2.12. The molecule has 4 rings (SSSR count). The molecular weight excluding hydrogens is 347 g/mol. The van der Waals surface area contributed by atoms with Gasteiger partial charge in [0.05, 0.1) is 17.0 Å². The Kier molecular flexibility index (Phi) is 4.12. The first kappa shape index (κ1) is 16.8. The van der Waals surface area contributed by atoms with E-state index in [1.54, 1.807) is 6.92 Å². The van der Waals surface area contributed by atoms with Gasteiger partial charge in [-0.15, -0.1) is 0 Å². The summed E-state index contributed by atoms with van der Waals surface area (Å²) in [5.74, 6) is -0.395. The SMILES string of the molecule is CC(=O)NOc1ccc(F)c(C)c1-c1cc(-c2c[nH]c3ccccc23)n[nH]1. The average Bonchev–Trinajstić information content (AvgIpc) is 3.29. The van der Waals surface area contributed by atoms with Gasteiger partial charge in [0.15, 0.2) is 5.75 Å². The first-order chi connectivity index (χ1) is 13.0. The fourth-order valence-corrected chi connectivity index (χ4v) is 3.08. The average molecular weight is 364 g/mol. The van der Waals surface area contributed by atoms with E-state index in [1.165, 1.54) is 19.1 Å². The lowest BCUT2D eigenvalue weighted by Crippen LogP contribution is -2.24. The first-order valence-electron chi connectivity index (χ1n) is 8.39. The van der Waals surface area contributed by atoms with Crippen LogP contribution in [0.25, 0.3) is 33.4 Å². The number of para-hydroxylation sites is 1. The molecule has 0 saturated carbocycles. The quantitative estimate of drug-likeness (QED) is 0.477. The molecule has 0 bridgehead atoms. The second-order valence-corrected chi connectivity index (χ2v) is 6.22. The van der Waals surface area contributed by atoms with Crippen LogP contribution >= 0.6 is 0 Å². The summed E-state index contributed by atoms with van der Waals surface area (Å²) in [6.07, 6.45) is 1.89. The summed E-state index contributed by atoms with van der Waals surface area (Å²) in [4.78, 5) is 19.7. The summed E-state index contributed by atoms with van der Waals surface area (Å²) >= 11 is 0. The van der Waals surface area contributed by atoms with Crippen molar-refractivity contribution in [2.24, 2.45) is 0 Å². The normalized spacial score (nSPS) is 10.9.